The van der Waals surface area contributed by atoms with Crippen molar-refractivity contribution in [2.24, 2.45) is 0 Å². The summed E-state index contributed by atoms with van der Waals surface area (Å²) in [4.78, 5) is 18.7. The van der Waals surface area contributed by atoms with E-state index in [0.717, 1.165) is 31.5 Å². The number of hydrogen-bond donors (Lipinski definition) is 1. The van der Waals surface area contributed by atoms with Crippen LogP contribution in [0.25, 0.3) is 0 Å². The molecule has 138 valence electrons. The van der Waals surface area contributed by atoms with E-state index < -0.39 is 23.1 Å². The van der Waals surface area contributed by atoms with Gasteiger partial charge in [-0.05, 0) is 45.0 Å². The second-order valence-corrected chi connectivity index (χ2v) is 6.51. The summed E-state index contributed by atoms with van der Waals surface area (Å²) in [6, 6.07) is 8.60. The van der Waals surface area contributed by atoms with Crippen LogP contribution < -0.4 is 10.1 Å². The highest BCUT2D eigenvalue weighted by atomic mass is 19.1. The predicted molar refractivity (Wildman–Crippen MR) is 94.3 cm³/mol. The molecule has 2 atom stereocenters. The Morgan fingerprint density at radius 3 is 2.62 bits per heavy atom. The van der Waals surface area contributed by atoms with Gasteiger partial charge >= 0.3 is 0 Å². The smallest absolute Gasteiger partial charge is 0.262 e. The summed E-state index contributed by atoms with van der Waals surface area (Å²) in [5, 5.41) is 2.42. The first kappa shape index (κ1) is 18.3. The molecule has 26 heavy (non-hydrogen) atoms. The fraction of sp³-hybridized carbons (Fsp3) is 0.368. The summed E-state index contributed by atoms with van der Waals surface area (Å²) in [5.41, 5.74) is -0.634. The first-order valence-electron chi connectivity index (χ1n) is 8.53. The topological polar surface area (TPSA) is 54.5 Å². The van der Waals surface area contributed by atoms with E-state index in [1.807, 2.05) is 0 Å². The molecule has 7 heteroatoms. The van der Waals surface area contributed by atoms with E-state index in [9.17, 15) is 13.6 Å². The zero-order valence-electron chi connectivity index (χ0n) is 14.7. The number of anilines is 1. The fourth-order valence-electron chi connectivity index (χ4n) is 2.97. The number of carbonyl (C=O) groups is 1. The standard InChI is InChI=1S/C19H21F2N3O2/c1-12-11-13(9-10-24(12)2)26-17-8-4-7-16(22-17)23-19(25)18-14(20)5-3-6-15(18)21/h3-8,12-13H,9-11H2,1-2H3,(H,22,23,25). The van der Waals surface area contributed by atoms with E-state index in [-0.39, 0.29) is 11.9 Å². The van der Waals surface area contributed by atoms with Crippen LogP contribution in [0.5, 0.6) is 5.88 Å². The number of likely N-dealkylation sites (tertiary alicyclic amines) is 1. The number of hydrogen-bond acceptors (Lipinski definition) is 4. The average Bonchev–Trinajstić information content (AvgIpc) is 2.58. The molecule has 1 amide bonds. The number of piperidine rings is 1. The number of halogens is 2. The Morgan fingerprint density at radius 2 is 1.92 bits per heavy atom. The van der Waals surface area contributed by atoms with E-state index >= 15 is 0 Å². The molecule has 2 aromatic rings. The highest BCUT2D eigenvalue weighted by Crippen LogP contribution is 2.22. The van der Waals surface area contributed by atoms with Gasteiger partial charge < -0.3 is 15.0 Å². The molecule has 5 nitrogen and oxygen atoms in total. The van der Waals surface area contributed by atoms with Gasteiger partial charge in [0.05, 0.1) is 0 Å². The third-order valence-electron chi connectivity index (χ3n) is 4.60. The Hall–Kier alpha value is -2.54. The molecule has 0 bridgehead atoms. The lowest BCUT2D eigenvalue weighted by Crippen LogP contribution is -2.42. The van der Waals surface area contributed by atoms with Crippen molar-refractivity contribution in [1.82, 2.24) is 9.88 Å². The molecule has 0 spiro atoms. The molecule has 0 aliphatic carbocycles. The number of amides is 1. The van der Waals surface area contributed by atoms with Crippen molar-refractivity contribution >= 4 is 11.7 Å². The van der Waals surface area contributed by atoms with Crippen molar-refractivity contribution in [3.8, 4) is 5.88 Å². The number of carbonyl (C=O) groups excluding carboxylic acids is 1. The highest BCUT2D eigenvalue weighted by Gasteiger charge is 2.24. The molecule has 1 fully saturated rings. The molecule has 1 saturated heterocycles. The van der Waals surface area contributed by atoms with Crippen LogP contribution in [-0.2, 0) is 0 Å². The molecule has 1 aliphatic rings. The summed E-state index contributed by atoms with van der Waals surface area (Å²) in [7, 11) is 2.08. The molecule has 1 aliphatic heterocycles. The van der Waals surface area contributed by atoms with Crippen LogP contribution in [0.4, 0.5) is 14.6 Å². The van der Waals surface area contributed by atoms with E-state index in [2.05, 4.69) is 29.2 Å². The monoisotopic (exact) mass is 361 g/mol. The number of pyridine rings is 1. The van der Waals surface area contributed by atoms with Crippen molar-refractivity contribution in [3.63, 3.8) is 0 Å². The maximum Gasteiger partial charge on any atom is 0.262 e. The van der Waals surface area contributed by atoms with Gasteiger partial charge in [0.2, 0.25) is 5.88 Å². The number of benzene rings is 1. The molecule has 0 radical (unpaired) electrons. The van der Waals surface area contributed by atoms with E-state index in [0.29, 0.717) is 11.9 Å². The SMILES string of the molecule is CC1CC(Oc2cccc(NC(=O)c3c(F)cccc3F)n2)CCN1C. The van der Waals surface area contributed by atoms with Gasteiger partial charge in [-0.25, -0.2) is 8.78 Å². The van der Waals surface area contributed by atoms with E-state index in [4.69, 9.17) is 4.74 Å². The summed E-state index contributed by atoms with van der Waals surface area (Å²) in [6.07, 6.45) is 1.82. The third-order valence-corrected chi connectivity index (χ3v) is 4.60. The van der Waals surface area contributed by atoms with Crippen molar-refractivity contribution in [1.29, 1.82) is 0 Å². The van der Waals surface area contributed by atoms with Gasteiger partial charge in [0.15, 0.2) is 0 Å². The van der Waals surface area contributed by atoms with Crippen molar-refractivity contribution < 1.29 is 18.3 Å². The second kappa shape index (κ2) is 7.78. The largest absolute Gasteiger partial charge is 0.474 e. The number of aromatic nitrogens is 1. The van der Waals surface area contributed by atoms with Gasteiger partial charge in [-0.15, -0.1) is 0 Å². The third kappa shape index (κ3) is 4.16. The van der Waals surface area contributed by atoms with Crippen LogP contribution in [0.3, 0.4) is 0 Å². The number of nitrogens with zero attached hydrogens (tertiary/aromatic N) is 2. The van der Waals surface area contributed by atoms with Crippen molar-refractivity contribution in [3.05, 3.63) is 53.6 Å². The minimum absolute atomic E-state index is 0.0451. The van der Waals surface area contributed by atoms with Crippen LogP contribution >= 0.6 is 0 Å². The van der Waals surface area contributed by atoms with Crippen LogP contribution in [-0.4, -0.2) is 41.5 Å². The lowest BCUT2D eigenvalue weighted by molar-refractivity contribution is 0.0760. The quantitative estimate of drug-likeness (QED) is 0.906. The first-order valence-corrected chi connectivity index (χ1v) is 8.53. The average molecular weight is 361 g/mol. The Labute approximate surface area is 151 Å². The lowest BCUT2D eigenvalue weighted by Gasteiger charge is -2.34. The van der Waals surface area contributed by atoms with Gasteiger partial charge in [-0.1, -0.05) is 12.1 Å². The first-order chi connectivity index (χ1) is 12.4. The lowest BCUT2D eigenvalue weighted by atomic mass is 10.0. The molecule has 2 heterocycles. The number of ether oxygens (including phenoxy) is 1. The van der Waals surface area contributed by atoms with Crippen LogP contribution in [0, 0.1) is 11.6 Å². The molecule has 1 aromatic carbocycles. The Balaban J connectivity index is 1.69. The van der Waals surface area contributed by atoms with Crippen LogP contribution in [0.2, 0.25) is 0 Å². The number of nitrogens with one attached hydrogen (secondary N) is 1. The van der Waals surface area contributed by atoms with E-state index in [1.165, 1.54) is 6.07 Å². The molecule has 2 unspecified atom stereocenters. The van der Waals surface area contributed by atoms with Gasteiger partial charge in [0, 0.05) is 18.7 Å². The molecular weight excluding hydrogens is 340 g/mol. The summed E-state index contributed by atoms with van der Waals surface area (Å²) < 4.78 is 33.3. The Morgan fingerprint density at radius 1 is 1.23 bits per heavy atom. The summed E-state index contributed by atoms with van der Waals surface area (Å²) >= 11 is 0. The molecular formula is C19H21F2N3O2. The second-order valence-electron chi connectivity index (χ2n) is 6.51. The van der Waals surface area contributed by atoms with E-state index in [1.54, 1.807) is 18.2 Å². The van der Waals surface area contributed by atoms with Gasteiger partial charge in [0.1, 0.15) is 29.1 Å². The predicted octanol–water partition coefficient (Wildman–Crippen LogP) is 3.47. The molecule has 0 saturated carbocycles. The maximum atomic E-state index is 13.7. The molecule has 1 aromatic heterocycles. The zero-order valence-corrected chi connectivity index (χ0v) is 14.7. The minimum Gasteiger partial charge on any atom is -0.474 e. The van der Waals surface area contributed by atoms with Crippen LogP contribution in [0.15, 0.2) is 36.4 Å². The van der Waals surface area contributed by atoms with Crippen molar-refractivity contribution in [2.45, 2.75) is 31.9 Å². The van der Waals surface area contributed by atoms with Gasteiger partial charge in [0.25, 0.3) is 5.91 Å². The number of rotatable bonds is 4. The zero-order chi connectivity index (χ0) is 18.7. The van der Waals surface area contributed by atoms with Crippen LogP contribution in [0.1, 0.15) is 30.1 Å². The Bertz CT molecular complexity index is 780. The van der Waals surface area contributed by atoms with Gasteiger partial charge in [-0.2, -0.15) is 4.98 Å². The van der Waals surface area contributed by atoms with Crippen molar-refractivity contribution in [2.75, 3.05) is 18.9 Å². The highest BCUT2D eigenvalue weighted by molar-refractivity contribution is 6.04. The molecule has 3 rings (SSSR count). The van der Waals surface area contributed by atoms with Gasteiger partial charge in [-0.3, -0.25) is 4.79 Å². The minimum atomic E-state index is -0.921. The maximum absolute atomic E-state index is 13.7. The summed E-state index contributed by atoms with van der Waals surface area (Å²) in [6.45, 7) is 3.08. The Kier molecular flexibility index (Phi) is 5.46. The summed E-state index contributed by atoms with van der Waals surface area (Å²) in [5.74, 6) is -2.18. The fourth-order valence-corrected chi connectivity index (χ4v) is 2.97. The molecule has 1 N–H and O–H groups in total. The normalized spacial score (nSPS) is 20.6.